The molecule has 3 aromatic rings. The van der Waals surface area contributed by atoms with Crippen molar-refractivity contribution in [2.75, 3.05) is 5.32 Å². The van der Waals surface area contributed by atoms with E-state index in [1.54, 1.807) is 24.8 Å². The molecule has 152 valence electrons. The molecule has 10 nitrogen and oxygen atoms in total. The first kappa shape index (κ1) is 19.2. The van der Waals surface area contributed by atoms with Crippen LogP contribution in [-0.2, 0) is 0 Å². The molecule has 0 aliphatic carbocycles. The average Bonchev–Trinajstić information content (AvgIpc) is 3.14. The first-order valence-corrected chi connectivity index (χ1v) is 9.52. The molecule has 0 bridgehead atoms. The lowest BCUT2D eigenvalue weighted by molar-refractivity contribution is 0.170. The SMILES string of the molecule is CC1(C)CC(Nc2cnc(-c3ncc(-n4nccn4)cc3O)nn2)CC(C)(C)N1. The van der Waals surface area contributed by atoms with Gasteiger partial charge in [0.2, 0.25) is 5.82 Å². The van der Waals surface area contributed by atoms with Crippen molar-refractivity contribution in [2.45, 2.75) is 57.7 Å². The molecule has 1 aliphatic rings. The third-order valence-corrected chi connectivity index (χ3v) is 4.82. The van der Waals surface area contributed by atoms with Gasteiger partial charge in [0.25, 0.3) is 0 Å². The number of rotatable bonds is 4. The molecule has 4 rings (SSSR count). The Balaban J connectivity index is 1.50. The number of aromatic nitrogens is 7. The number of nitrogens with zero attached hydrogens (tertiary/aromatic N) is 7. The maximum atomic E-state index is 10.3. The summed E-state index contributed by atoms with van der Waals surface area (Å²) in [7, 11) is 0. The number of aromatic hydroxyl groups is 1. The van der Waals surface area contributed by atoms with E-state index in [4.69, 9.17) is 0 Å². The fourth-order valence-corrected chi connectivity index (χ4v) is 4.16. The summed E-state index contributed by atoms with van der Waals surface area (Å²) in [6.07, 6.45) is 8.19. The summed E-state index contributed by atoms with van der Waals surface area (Å²) in [5.41, 5.74) is 0.852. The molecule has 0 radical (unpaired) electrons. The number of nitrogens with one attached hydrogen (secondary N) is 2. The average molecular weight is 395 g/mol. The molecule has 1 saturated heterocycles. The lowest BCUT2D eigenvalue weighted by Gasteiger charge is -2.46. The Hall–Kier alpha value is -3.14. The highest BCUT2D eigenvalue weighted by molar-refractivity contribution is 5.60. The van der Waals surface area contributed by atoms with Crippen LogP contribution in [0.2, 0.25) is 0 Å². The minimum absolute atomic E-state index is 0.0289. The fourth-order valence-electron chi connectivity index (χ4n) is 4.16. The predicted molar refractivity (Wildman–Crippen MR) is 108 cm³/mol. The lowest BCUT2D eigenvalue weighted by Crippen LogP contribution is -2.60. The summed E-state index contributed by atoms with van der Waals surface area (Å²) in [6.45, 7) is 8.80. The van der Waals surface area contributed by atoms with Crippen molar-refractivity contribution in [3.05, 3.63) is 30.9 Å². The molecule has 0 aromatic carbocycles. The van der Waals surface area contributed by atoms with Gasteiger partial charge in [-0.2, -0.15) is 10.2 Å². The molecule has 3 aromatic heterocycles. The van der Waals surface area contributed by atoms with Crippen molar-refractivity contribution in [2.24, 2.45) is 0 Å². The van der Waals surface area contributed by atoms with Crippen LogP contribution >= 0.6 is 0 Å². The largest absolute Gasteiger partial charge is 0.505 e. The normalized spacial score (nSPS) is 18.5. The zero-order chi connectivity index (χ0) is 20.6. The van der Waals surface area contributed by atoms with Crippen molar-refractivity contribution in [3.63, 3.8) is 0 Å². The third kappa shape index (κ3) is 4.32. The van der Waals surface area contributed by atoms with E-state index in [1.807, 2.05) is 0 Å². The molecular formula is C19H25N9O. The number of piperidine rings is 1. The van der Waals surface area contributed by atoms with Crippen LogP contribution in [-0.4, -0.2) is 57.4 Å². The van der Waals surface area contributed by atoms with Crippen molar-refractivity contribution in [3.8, 4) is 23.0 Å². The Kier molecular flexibility index (Phi) is 4.65. The molecule has 0 unspecified atom stereocenters. The summed E-state index contributed by atoms with van der Waals surface area (Å²) in [5.74, 6) is 0.784. The van der Waals surface area contributed by atoms with E-state index in [1.165, 1.54) is 10.9 Å². The molecule has 29 heavy (non-hydrogen) atoms. The monoisotopic (exact) mass is 395 g/mol. The van der Waals surface area contributed by atoms with Gasteiger partial charge in [0, 0.05) is 23.2 Å². The Bertz CT molecular complexity index is 967. The highest BCUT2D eigenvalue weighted by Gasteiger charge is 2.37. The van der Waals surface area contributed by atoms with Crippen molar-refractivity contribution < 1.29 is 5.11 Å². The van der Waals surface area contributed by atoms with E-state index in [2.05, 4.69) is 68.7 Å². The van der Waals surface area contributed by atoms with Crippen LogP contribution in [0.25, 0.3) is 17.2 Å². The fraction of sp³-hybridized carbons (Fsp3) is 0.474. The summed E-state index contributed by atoms with van der Waals surface area (Å²) < 4.78 is 0. The Morgan fingerprint density at radius 1 is 1.03 bits per heavy atom. The van der Waals surface area contributed by atoms with E-state index in [0.717, 1.165) is 12.8 Å². The van der Waals surface area contributed by atoms with E-state index >= 15 is 0 Å². The highest BCUT2D eigenvalue weighted by Crippen LogP contribution is 2.30. The maximum Gasteiger partial charge on any atom is 0.204 e. The molecule has 10 heteroatoms. The first-order valence-electron chi connectivity index (χ1n) is 9.52. The second-order valence-electron chi connectivity index (χ2n) is 8.69. The molecule has 4 heterocycles. The molecule has 0 atom stereocenters. The number of anilines is 1. The van der Waals surface area contributed by atoms with Gasteiger partial charge in [0.1, 0.15) is 11.4 Å². The van der Waals surface area contributed by atoms with Gasteiger partial charge in [-0.1, -0.05) is 0 Å². The molecule has 0 spiro atoms. The Morgan fingerprint density at radius 2 is 1.72 bits per heavy atom. The van der Waals surface area contributed by atoms with Gasteiger partial charge in [-0.15, -0.1) is 15.0 Å². The zero-order valence-corrected chi connectivity index (χ0v) is 17.0. The molecule has 1 fully saturated rings. The summed E-state index contributed by atoms with van der Waals surface area (Å²) in [4.78, 5) is 9.94. The molecule has 0 amide bonds. The van der Waals surface area contributed by atoms with Gasteiger partial charge in [0.05, 0.1) is 24.8 Å². The molecular weight excluding hydrogens is 370 g/mol. The smallest absolute Gasteiger partial charge is 0.204 e. The van der Waals surface area contributed by atoms with E-state index in [-0.39, 0.29) is 34.4 Å². The van der Waals surface area contributed by atoms with Crippen LogP contribution in [0.1, 0.15) is 40.5 Å². The van der Waals surface area contributed by atoms with Crippen molar-refractivity contribution >= 4 is 5.82 Å². The van der Waals surface area contributed by atoms with Crippen LogP contribution in [0.15, 0.2) is 30.9 Å². The lowest BCUT2D eigenvalue weighted by atomic mass is 9.79. The second-order valence-corrected chi connectivity index (χ2v) is 8.69. The minimum atomic E-state index is -0.0656. The van der Waals surface area contributed by atoms with E-state index < -0.39 is 0 Å². The number of pyridine rings is 1. The van der Waals surface area contributed by atoms with Crippen LogP contribution < -0.4 is 10.6 Å². The van der Waals surface area contributed by atoms with Crippen molar-refractivity contribution in [1.29, 1.82) is 0 Å². The molecule has 1 aliphatic heterocycles. The maximum absolute atomic E-state index is 10.3. The highest BCUT2D eigenvalue weighted by atomic mass is 16.3. The van der Waals surface area contributed by atoms with Crippen LogP contribution in [0.5, 0.6) is 5.75 Å². The van der Waals surface area contributed by atoms with E-state index in [9.17, 15) is 5.11 Å². The summed E-state index contributed by atoms with van der Waals surface area (Å²) in [5, 5.41) is 33.8. The van der Waals surface area contributed by atoms with Gasteiger partial charge in [-0.3, -0.25) is 0 Å². The second kappa shape index (κ2) is 7.03. The van der Waals surface area contributed by atoms with Crippen LogP contribution in [0.4, 0.5) is 5.82 Å². The number of hydrogen-bond donors (Lipinski definition) is 3. The van der Waals surface area contributed by atoms with Gasteiger partial charge >= 0.3 is 0 Å². The van der Waals surface area contributed by atoms with Gasteiger partial charge in [-0.05, 0) is 40.5 Å². The number of hydrogen-bond acceptors (Lipinski definition) is 9. The third-order valence-electron chi connectivity index (χ3n) is 4.82. The van der Waals surface area contributed by atoms with Gasteiger partial charge in [-0.25, -0.2) is 9.97 Å². The first-order chi connectivity index (χ1) is 13.7. The predicted octanol–water partition coefficient (Wildman–Crippen LogP) is 1.94. The zero-order valence-electron chi connectivity index (χ0n) is 17.0. The van der Waals surface area contributed by atoms with Crippen molar-refractivity contribution in [1.82, 2.24) is 40.5 Å². The van der Waals surface area contributed by atoms with Gasteiger partial charge < -0.3 is 15.7 Å². The summed E-state index contributed by atoms with van der Waals surface area (Å²) >= 11 is 0. The standard InChI is InChI=1S/C19H25N9O/c1-18(2)8-12(9-19(3,4)27-18)24-15-11-21-17(26-25-15)16-14(29)7-13(10-20-16)28-22-5-6-23-28/h5-7,10-12,27,29H,8-9H2,1-4H3,(H,24,25). The Labute approximate surface area is 168 Å². The molecule has 3 N–H and O–H groups in total. The van der Waals surface area contributed by atoms with Crippen LogP contribution in [0, 0.1) is 0 Å². The summed E-state index contributed by atoms with van der Waals surface area (Å²) in [6, 6.07) is 1.77. The quantitative estimate of drug-likeness (QED) is 0.607. The van der Waals surface area contributed by atoms with E-state index in [0.29, 0.717) is 11.5 Å². The van der Waals surface area contributed by atoms with Gasteiger partial charge in [0.15, 0.2) is 11.5 Å². The topological polar surface area (TPSA) is 127 Å². The van der Waals surface area contributed by atoms with Crippen LogP contribution in [0.3, 0.4) is 0 Å². The molecule has 0 saturated carbocycles. The minimum Gasteiger partial charge on any atom is -0.505 e. The Morgan fingerprint density at radius 3 is 2.31 bits per heavy atom.